The van der Waals surface area contributed by atoms with Gasteiger partial charge in [0, 0.05) is 5.56 Å². The molecule has 4 aromatic rings. The molecule has 0 radical (unpaired) electrons. The van der Waals surface area contributed by atoms with Gasteiger partial charge in [-0.3, -0.25) is 0 Å². The van der Waals surface area contributed by atoms with Gasteiger partial charge in [-0.2, -0.15) is 0 Å². The molecule has 2 heterocycles. The molecule has 0 aliphatic heterocycles. The number of para-hydroxylation sites is 1. The predicted molar refractivity (Wildman–Crippen MR) is 91.9 cm³/mol. The minimum absolute atomic E-state index is 0.632. The van der Waals surface area contributed by atoms with Crippen LogP contribution in [0.1, 0.15) is 5.56 Å². The second-order valence-electron chi connectivity index (χ2n) is 5.68. The van der Waals surface area contributed by atoms with Gasteiger partial charge in [-0.25, -0.2) is 19.5 Å². The number of hydrogen-bond donors (Lipinski definition) is 0. The van der Waals surface area contributed by atoms with Gasteiger partial charge in [0.2, 0.25) is 0 Å². The van der Waals surface area contributed by atoms with Crippen molar-refractivity contribution in [3.05, 3.63) is 67.0 Å². The number of rotatable bonds is 2. The maximum Gasteiger partial charge on any atom is 0.287 e. The summed E-state index contributed by atoms with van der Waals surface area (Å²) in [5, 5.41) is 1.08. The monoisotopic (exact) mass is 314 g/mol. The van der Waals surface area contributed by atoms with E-state index in [2.05, 4.69) is 61.8 Å². The summed E-state index contributed by atoms with van der Waals surface area (Å²) in [5.74, 6) is 0.632. The van der Waals surface area contributed by atoms with Crippen molar-refractivity contribution in [2.45, 2.75) is 6.92 Å². The Kier molecular flexibility index (Phi) is 3.46. The van der Waals surface area contributed by atoms with Crippen LogP contribution in [0.2, 0.25) is 0 Å². The lowest BCUT2D eigenvalue weighted by molar-refractivity contribution is -0.662. The van der Waals surface area contributed by atoms with Crippen LogP contribution < -0.4 is 4.57 Å². The van der Waals surface area contributed by atoms with Gasteiger partial charge in [0.15, 0.2) is 11.3 Å². The summed E-state index contributed by atoms with van der Waals surface area (Å²) in [5.41, 5.74) is 5.35. The van der Waals surface area contributed by atoms with Crippen molar-refractivity contribution in [1.82, 2.24) is 19.9 Å². The molecule has 0 saturated carbocycles. The minimum Gasteiger partial charge on any atom is -0.232 e. The molecule has 0 aliphatic rings. The molecule has 0 unspecified atom stereocenters. The fourth-order valence-electron chi connectivity index (χ4n) is 3.00. The standard InChI is InChI=1S/C19H16N5/c1-13-6-3-4-7-14(13)18-15-8-5-9-16(17(15)23-12-24(18)2)19-21-10-20-11-22-19/h3-12H,1-2H3/q+1. The van der Waals surface area contributed by atoms with E-state index in [1.165, 1.54) is 23.8 Å². The normalized spacial score (nSPS) is 10.9. The molecule has 0 saturated heterocycles. The molecule has 0 atom stereocenters. The quantitative estimate of drug-likeness (QED) is 0.534. The second-order valence-corrected chi connectivity index (χ2v) is 5.68. The minimum atomic E-state index is 0.632. The first kappa shape index (κ1) is 14.4. The Morgan fingerprint density at radius 1 is 0.833 bits per heavy atom. The molecule has 0 bridgehead atoms. The second kappa shape index (κ2) is 5.77. The summed E-state index contributed by atoms with van der Waals surface area (Å²) in [6.45, 7) is 2.12. The van der Waals surface area contributed by atoms with E-state index >= 15 is 0 Å². The van der Waals surface area contributed by atoms with E-state index in [4.69, 9.17) is 0 Å². The average molecular weight is 314 g/mol. The maximum absolute atomic E-state index is 4.64. The third-order valence-corrected chi connectivity index (χ3v) is 4.14. The van der Waals surface area contributed by atoms with Crippen molar-refractivity contribution in [3.8, 4) is 22.6 Å². The lowest BCUT2D eigenvalue weighted by atomic mass is 10.00. The summed E-state index contributed by atoms with van der Waals surface area (Å²) in [6.07, 6.45) is 4.85. The van der Waals surface area contributed by atoms with Gasteiger partial charge in [0.05, 0.1) is 18.0 Å². The van der Waals surface area contributed by atoms with Gasteiger partial charge in [-0.05, 0) is 29.6 Å². The number of aryl methyl sites for hydroxylation is 2. The fraction of sp³-hybridized carbons (Fsp3) is 0.105. The molecule has 5 heteroatoms. The zero-order valence-corrected chi connectivity index (χ0v) is 13.5. The molecule has 4 rings (SSSR count). The topological polar surface area (TPSA) is 55.4 Å². The van der Waals surface area contributed by atoms with Crippen molar-refractivity contribution in [2.24, 2.45) is 7.05 Å². The van der Waals surface area contributed by atoms with Crippen LogP contribution >= 0.6 is 0 Å². The van der Waals surface area contributed by atoms with Crippen LogP contribution in [0.5, 0.6) is 0 Å². The van der Waals surface area contributed by atoms with Gasteiger partial charge in [0.1, 0.15) is 18.3 Å². The van der Waals surface area contributed by atoms with E-state index in [0.717, 1.165) is 22.2 Å². The SMILES string of the molecule is Cc1ccccc1-c1c2cccc(-c3ncncn3)c2nc[n+]1C. The Morgan fingerprint density at radius 2 is 1.58 bits per heavy atom. The van der Waals surface area contributed by atoms with E-state index < -0.39 is 0 Å². The lowest BCUT2D eigenvalue weighted by Crippen LogP contribution is -2.31. The largest absolute Gasteiger partial charge is 0.287 e. The summed E-state index contributed by atoms with van der Waals surface area (Å²) in [7, 11) is 2.02. The number of benzene rings is 2. The van der Waals surface area contributed by atoms with Gasteiger partial charge in [0.25, 0.3) is 6.33 Å². The van der Waals surface area contributed by atoms with E-state index in [1.807, 2.05) is 25.5 Å². The van der Waals surface area contributed by atoms with Crippen LogP contribution in [0.25, 0.3) is 33.5 Å². The fourth-order valence-corrected chi connectivity index (χ4v) is 3.00. The molecule has 5 nitrogen and oxygen atoms in total. The zero-order valence-electron chi connectivity index (χ0n) is 13.5. The van der Waals surface area contributed by atoms with Crippen molar-refractivity contribution in [2.75, 3.05) is 0 Å². The molecular weight excluding hydrogens is 298 g/mol. The molecule has 116 valence electrons. The highest BCUT2D eigenvalue weighted by Crippen LogP contribution is 2.30. The molecule has 2 aromatic heterocycles. The molecular formula is C19H16N5+. The zero-order chi connectivity index (χ0) is 16.5. The first-order chi connectivity index (χ1) is 11.8. The Hall–Kier alpha value is -3.21. The van der Waals surface area contributed by atoms with Gasteiger partial charge in [-0.1, -0.05) is 30.3 Å². The highest BCUT2D eigenvalue weighted by Gasteiger charge is 2.19. The number of hydrogen-bond acceptors (Lipinski definition) is 4. The highest BCUT2D eigenvalue weighted by molar-refractivity contribution is 5.98. The van der Waals surface area contributed by atoms with Crippen molar-refractivity contribution in [1.29, 1.82) is 0 Å². The van der Waals surface area contributed by atoms with E-state index in [0.29, 0.717) is 5.82 Å². The van der Waals surface area contributed by atoms with E-state index in [1.54, 1.807) is 0 Å². The summed E-state index contributed by atoms with van der Waals surface area (Å²) in [4.78, 5) is 17.1. The molecule has 0 aliphatic carbocycles. The van der Waals surface area contributed by atoms with Crippen LogP contribution in [0.3, 0.4) is 0 Å². The Balaban J connectivity index is 2.06. The van der Waals surface area contributed by atoms with Crippen LogP contribution in [-0.2, 0) is 7.05 Å². The van der Waals surface area contributed by atoms with Crippen molar-refractivity contribution in [3.63, 3.8) is 0 Å². The third kappa shape index (κ3) is 2.31. The maximum atomic E-state index is 4.64. The smallest absolute Gasteiger partial charge is 0.232 e. The molecule has 0 amide bonds. The van der Waals surface area contributed by atoms with Gasteiger partial charge >= 0.3 is 0 Å². The Bertz CT molecular complexity index is 1030. The predicted octanol–water partition coefficient (Wildman–Crippen LogP) is 2.89. The van der Waals surface area contributed by atoms with Crippen molar-refractivity contribution >= 4 is 10.9 Å². The molecule has 0 fully saturated rings. The average Bonchev–Trinajstić information content (AvgIpc) is 2.63. The highest BCUT2D eigenvalue weighted by atomic mass is 15.0. The van der Waals surface area contributed by atoms with Crippen molar-refractivity contribution < 1.29 is 4.57 Å². The molecule has 24 heavy (non-hydrogen) atoms. The molecule has 2 aromatic carbocycles. The number of fused-ring (bicyclic) bond motifs is 1. The first-order valence-electron chi connectivity index (χ1n) is 7.71. The van der Waals surface area contributed by atoms with Gasteiger partial charge in [-0.15, -0.1) is 0 Å². The summed E-state index contributed by atoms with van der Waals surface area (Å²) in [6, 6.07) is 14.5. The van der Waals surface area contributed by atoms with Gasteiger partial charge < -0.3 is 0 Å². The summed E-state index contributed by atoms with van der Waals surface area (Å²) >= 11 is 0. The Labute approximate surface area is 139 Å². The molecule has 0 N–H and O–H groups in total. The third-order valence-electron chi connectivity index (χ3n) is 4.14. The summed E-state index contributed by atoms with van der Waals surface area (Å²) < 4.78 is 2.06. The number of aromatic nitrogens is 5. The van der Waals surface area contributed by atoms with Crippen LogP contribution in [0.15, 0.2) is 61.4 Å². The van der Waals surface area contributed by atoms with E-state index in [9.17, 15) is 0 Å². The van der Waals surface area contributed by atoms with Crippen LogP contribution in [-0.4, -0.2) is 19.9 Å². The van der Waals surface area contributed by atoms with Crippen LogP contribution in [0, 0.1) is 6.92 Å². The molecule has 0 spiro atoms. The van der Waals surface area contributed by atoms with E-state index in [-0.39, 0.29) is 0 Å². The first-order valence-corrected chi connectivity index (χ1v) is 7.71. The van der Waals surface area contributed by atoms with Crippen LogP contribution in [0.4, 0.5) is 0 Å². The number of nitrogens with zero attached hydrogens (tertiary/aromatic N) is 5. The lowest BCUT2D eigenvalue weighted by Gasteiger charge is -2.09. The Morgan fingerprint density at radius 3 is 2.38 bits per heavy atom.